The Morgan fingerprint density at radius 2 is 1.29 bits per heavy atom. The average Bonchev–Trinajstić information content (AvgIpc) is 2.78. The lowest BCUT2D eigenvalue weighted by Crippen LogP contribution is -2.55. The fourth-order valence-corrected chi connectivity index (χ4v) is 3.84. The third-order valence-electron chi connectivity index (χ3n) is 5.93. The molecule has 5 atom stereocenters. The second-order valence-corrected chi connectivity index (χ2v) is 8.86. The highest BCUT2D eigenvalue weighted by atomic mass is 16.7. The first kappa shape index (κ1) is 28.8. The van der Waals surface area contributed by atoms with Crippen molar-refractivity contribution in [3.8, 4) is 0 Å². The molecular formula is C24H48O7. The molecule has 0 aliphatic carbocycles. The number of ether oxygens (including phenoxy) is 3. The third-order valence-corrected chi connectivity index (χ3v) is 5.93. The summed E-state index contributed by atoms with van der Waals surface area (Å²) in [5, 5.41) is 38.4. The number of unbranched alkanes of at least 4 members (excludes halogenated alkanes) is 13. The van der Waals surface area contributed by atoms with E-state index in [-0.39, 0.29) is 19.8 Å². The molecular weight excluding hydrogens is 400 g/mol. The van der Waals surface area contributed by atoms with Crippen LogP contribution >= 0.6 is 0 Å². The first-order valence-corrected chi connectivity index (χ1v) is 12.6. The predicted molar refractivity (Wildman–Crippen MR) is 121 cm³/mol. The van der Waals surface area contributed by atoms with Crippen LogP contribution in [0.3, 0.4) is 0 Å². The van der Waals surface area contributed by atoms with Gasteiger partial charge in [0, 0.05) is 6.61 Å². The van der Waals surface area contributed by atoms with E-state index in [2.05, 4.69) is 6.92 Å². The quantitative estimate of drug-likeness (QED) is 0.212. The SMILES string of the molecule is CCCCCCCCCCCCCCCCOCC(CO)OC1OCC(O)C(O)C1O. The topological polar surface area (TPSA) is 109 Å². The molecule has 7 nitrogen and oxygen atoms in total. The van der Waals surface area contributed by atoms with Gasteiger partial charge in [0.15, 0.2) is 6.29 Å². The molecule has 1 heterocycles. The van der Waals surface area contributed by atoms with Crippen LogP contribution in [0.4, 0.5) is 0 Å². The van der Waals surface area contributed by atoms with Crippen LogP contribution in [0.15, 0.2) is 0 Å². The van der Waals surface area contributed by atoms with Crippen LogP contribution in [0.5, 0.6) is 0 Å². The number of hydrogen-bond donors (Lipinski definition) is 4. The van der Waals surface area contributed by atoms with Gasteiger partial charge in [-0.25, -0.2) is 0 Å². The van der Waals surface area contributed by atoms with Crippen molar-refractivity contribution in [1.82, 2.24) is 0 Å². The summed E-state index contributed by atoms with van der Waals surface area (Å²) in [4.78, 5) is 0. The Labute approximate surface area is 189 Å². The van der Waals surface area contributed by atoms with Crippen molar-refractivity contribution in [2.24, 2.45) is 0 Å². The summed E-state index contributed by atoms with van der Waals surface area (Å²) in [6.45, 7) is 2.66. The molecule has 0 bridgehead atoms. The highest BCUT2D eigenvalue weighted by Gasteiger charge is 2.39. The fraction of sp³-hybridized carbons (Fsp3) is 1.00. The molecule has 1 rings (SSSR count). The molecule has 7 heteroatoms. The van der Waals surface area contributed by atoms with E-state index in [1.807, 2.05) is 0 Å². The van der Waals surface area contributed by atoms with Gasteiger partial charge in [-0.1, -0.05) is 90.4 Å². The average molecular weight is 449 g/mol. The van der Waals surface area contributed by atoms with E-state index in [9.17, 15) is 20.4 Å². The van der Waals surface area contributed by atoms with Gasteiger partial charge in [0.05, 0.1) is 19.8 Å². The normalized spacial score (nSPS) is 25.1. The lowest BCUT2D eigenvalue weighted by molar-refractivity contribution is -0.288. The molecule has 186 valence electrons. The largest absolute Gasteiger partial charge is 0.394 e. The Kier molecular flexibility index (Phi) is 17.8. The van der Waals surface area contributed by atoms with E-state index in [0.717, 1.165) is 12.8 Å². The van der Waals surface area contributed by atoms with Crippen molar-refractivity contribution < 1.29 is 34.6 Å². The van der Waals surface area contributed by atoms with E-state index >= 15 is 0 Å². The zero-order valence-electron chi connectivity index (χ0n) is 19.6. The Balaban J connectivity index is 1.89. The van der Waals surface area contributed by atoms with Crippen molar-refractivity contribution in [2.75, 3.05) is 26.4 Å². The smallest absolute Gasteiger partial charge is 0.186 e. The third kappa shape index (κ3) is 13.8. The van der Waals surface area contributed by atoms with Crippen LogP contribution in [-0.4, -0.2) is 77.6 Å². The molecule has 4 N–H and O–H groups in total. The van der Waals surface area contributed by atoms with Gasteiger partial charge >= 0.3 is 0 Å². The first-order chi connectivity index (χ1) is 15.1. The summed E-state index contributed by atoms with van der Waals surface area (Å²) < 4.78 is 16.3. The summed E-state index contributed by atoms with van der Waals surface area (Å²) >= 11 is 0. The minimum absolute atomic E-state index is 0.124. The van der Waals surface area contributed by atoms with E-state index in [1.54, 1.807) is 0 Å². The first-order valence-electron chi connectivity index (χ1n) is 12.6. The van der Waals surface area contributed by atoms with Crippen molar-refractivity contribution in [1.29, 1.82) is 0 Å². The molecule has 1 aliphatic rings. The molecule has 1 fully saturated rings. The summed E-state index contributed by atoms with van der Waals surface area (Å²) in [5.74, 6) is 0. The van der Waals surface area contributed by atoms with Gasteiger partial charge in [-0.2, -0.15) is 0 Å². The lowest BCUT2D eigenvalue weighted by atomic mass is 10.0. The minimum atomic E-state index is -1.36. The van der Waals surface area contributed by atoms with Gasteiger partial charge in [0.1, 0.15) is 24.4 Å². The van der Waals surface area contributed by atoms with Crippen LogP contribution in [0.2, 0.25) is 0 Å². The van der Waals surface area contributed by atoms with E-state index < -0.39 is 30.7 Å². The summed E-state index contributed by atoms with van der Waals surface area (Å²) in [6.07, 6.45) is 12.8. The molecule has 0 aromatic rings. The monoisotopic (exact) mass is 448 g/mol. The molecule has 0 spiro atoms. The Morgan fingerprint density at radius 1 is 0.774 bits per heavy atom. The molecule has 0 amide bonds. The highest BCUT2D eigenvalue weighted by Crippen LogP contribution is 2.18. The maximum absolute atomic E-state index is 9.88. The highest BCUT2D eigenvalue weighted by molar-refractivity contribution is 4.83. The van der Waals surface area contributed by atoms with Gasteiger partial charge in [0.25, 0.3) is 0 Å². The van der Waals surface area contributed by atoms with Crippen LogP contribution in [0.1, 0.15) is 96.8 Å². The summed E-state index contributed by atoms with van der Waals surface area (Å²) in [7, 11) is 0. The van der Waals surface area contributed by atoms with Crippen molar-refractivity contribution in [2.45, 2.75) is 128 Å². The van der Waals surface area contributed by atoms with Gasteiger partial charge in [-0.05, 0) is 6.42 Å². The predicted octanol–water partition coefficient (Wildman–Crippen LogP) is 3.30. The maximum Gasteiger partial charge on any atom is 0.186 e. The van der Waals surface area contributed by atoms with Crippen LogP contribution in [0, 0.1) is 0 Å². The summed E-state index contributed by atoms with van der Waals surface area (Å²) in [5.41, 5.74) is 0. The standard InChI is InChI=1S/C24H48O7/c1-2-3-4-5-6-7-8-9-10-11-12-13-14-15-16-29-18-20(17-25)31-24-23(28)22(27)21(26)19-30-24/h20-28H,2-19H2,1H3. The van der Waals surface area contributed by atoms with Crippen molar-refractivity contribution >= 4 is 0 Å². The zero-order valence-corrected chi connectivity index (χ0v) is 19.6. The molecule has 0 radical (unpaired) electrons. The zero-order chi connectivity index (χ0) is 22.7. The molecule has 31 heavy (non-hydrogen) atoms. The molecule has 0 saturated carbocycles. The van der Waals surface area contributed by atoms with Gasteiger partial charge in [-0.3, -0.25) is 0 Å². The Morgan fingerprint density at radius 3 is 1.81 bits per heavy atom. The van der Waals surface area contributed by atoms with Crippen LogP contribution in [0.25, 0.3) is 0 Å². The number of hydrogen-bond acceptors (Lipinski definition) is 7. The van der Waals surface area contributed by atoms with Crippen LogP contribution in [-0.2, 0) is 14.2 Å². The molecule has 0 aromatic heterocycles. The number of rotatable bonds is 20. The second-order valence-electron chi connectivity index (χ2n) is 8.86. The number of aliphatic hydroxyl groups excluding tert-OH is 4. The second kappa shape index (κ2) is 19.2. The molecule has 5 unspecified atom stereocenters. The Bertz CT molecular complexity index is 396. The van der Waals surface area contributed by atoms with E-state index in [4.69, 9.17) is 14.2 Å². The maximum atomic E-state index is 9.88. The summed E-state index contributed by atoms with van der Waals surface area (Å²) in [6, 6.07) is 0. The lowest BCUT2D eigenvalue weighted by Gasteiger charge is -2.36. The van der Waals surface area contributed by atoms with Gasteiger partial charge < -0.3 is 34.6 Å². The van der Waals surface area contributed by atoms with Crippen molar-refractivity contribution in [3.05, 3.63) is 0 Å². The molecule has 1 saturated heterocycles. The van der Waals surface area contributed by atoms with E-state index in [1.165, 1.54) is 77.0 Å². The van der Waals surface area contributed by atoms with Gasteiger partial charge in [-0.15, -0.1) is 0 Å². The molecule has 0 aromatic carbocycles. The fourth-order valence-electron chi connectivity index (χ4n) is 3.84. The minimum Gasteiger partial charge on any atom is -0.394 e. The Hall–Kier alpha value is -0.280. The van der Waals surface area contributed by atoms with Gasteiger partial charge in [0.2, 0.25) is 0 Å². The molecule has 1 aliphatic heterocycles. The number of aliphatic hydroxyl groups is 4. The van der Waals surface area contributed by atoms with Crippen LogP contribution < -0.4 is 0 Å². The van der Waals surface area contributed by atoms with E-state index in [0.29, 0.717) is 6.61 Å². The van der Waals surface area contributed by atoms with Crippen molar-refractivity contribution in [3.63, 3.8) is 0 Å².